The number of nitrogens with two attached hydrogens (primary N) is 1. The summed E-state index contributed by atoms with van der Waals surface area (Å²) >= 11 is 2.17. The van der Waals surface area contributed by atoms with E-state index in [4.69, 9.17) is 5.73 Å². The van der Waals surface area contributed by atoms with Crippen LogP contribution in [0, 0.1) is 9.49 Å². The minimum Gasteiger partial charge on any atom is -0.369 e. The number of nitrogens with zero attached hydrogens (tertiary/aromatic N) is 1. The van der Waals surface area contributed by atoms with Crippen molar-refractivity contribution in [3.63, 3.8) is 0 Å². The number of rotatable bonds is 2. The van der Waals surface area contributed by atoms with Crippen molar-refractivity contribution in [2.75, 3.05) is 11.4 Å². The number of anilines is 1. The SMILES string of the molecule is NC(=O)C1CC(=O)N(c2ccccc2I)C1. The summed E-state index contributed by atoms with van der Waals surface area (Å²) in [6.07, 6.45) is 0.223. The van der Waals surface area contributed by atoms with E-state index in [0.29, 0.717) is 6.54 Å². The summed E-state index contributed by atoms with van der Waals surface area (Å²) in [7, 11) is 0. The van der Waals surface area contributed by atoms with Crippen LogP contribution in [-0.4, -0.2) is 18.4 Å². The number of primary amides is 1. The molecule has 1 unspecified atom stereocenters. The molecule has 0 saturated carbocycles. The van der Waals surface area contributed by atoms with Crippen molar-refractivity contribution in [3.8, 4) is 0 Å². The number of benzene rings is 1. The smallest absolute Gasteiger partial charge is 0.227 e. The van der Waals surface area contributed by atoms with Gasteiger partial charge < -0.3 is 10.6 Å². The van der Waals surface area contributed by atoms with Crippen molar-refractivity contribution >= 4 is 40.1 Å². The van der Waals surface area contributed by atoms with Crippen molar-refractivity contribution < 1.29 is 9.59 Å². The molecule has 1 aromatic carbocycles. The van der Waals surface area contributed by atoms with Crippen LogP contribution in [0.1, 0.15) is 6.42 Å². The van der Waals surface area contributed by atoms with E-state index in [0.717, 1.165) is 9.26 Å². The van der Waals surface area contributed by atoms with Gasteiger partial charge in [0.1, 0.15) is 0 Å². The highest BCUT2D eigenvalue weighted by Gasteiger charge is 2.34. The number of para-hydroxylation sites is 1. The molecule has 84 valence electrons. The number of amides is 2. The third-order valence-corrected chi connectivity index (χ3v) is 3.58. The molecule has 2 rings (SSSR count). The Morgan fingerprint density at radius 2 is 2.12 bits per heavy atom. The molecule has 4 nitrogen and oxygen atoms in total. The summed E-state index contributed by atoms with van der Waals surface area (Å²) in [4.78, 5) is 24.4. The van der Waals surface area contributed by atoms with Crippen molar-refractivity contribution in [2.24, 2.45) is 11.7 Å². The molecule has 0 radical (unpaired) electrons. The summed E-state index contributed by atoms with van der Waals surface area (Å²) in [5, 5.41) is 0. The highest BCUT2D eigenvalue weighted by Crippen LogP contribution is 2.28. The lowest BCUT2D eigenvalue weighted by molar-refractivity contribution is -0.123. The van der Waals surface area contributed by atoms with Gasteiger partial charge in [0, 0.05) is 16.5 Å². The van der Waals surface area contributed by atoms with Crippen molar-refractivity contribution in [2.45, 2.75) is 6.42 Å². The van der Waals surface area contributed by atoms with Crippen LogP contribution >= 0.6 is 22.6 Å². The molecular formula is C11H11IN2O2. The maximum Gasteiger partial charge on any atom is 0.227 e. The molecule has 1 saturated heterocycles. The summed E-state index contributed by atoms with van der Waals surface area (Å²) in [5.41, 5.74) is 6.08. The normalized spacial score (nSPS) is 20.2. The lowest BCUT2D eigenvalue weighted by Crippen LogP contribution is -2.28. The zero-order valence-corrected chi connectivity index (χ0v) is 10.7. The van der Waals surface area contributed by atoms with Gasteiger partial charge in [0.25, 0.3) is 0 Å². The second-order valence-corrected chi connectivity index (χ2v) is 4.92. The van der Waals surface area contributed by atoms with Crippen LogP contribution < -0.4 is 10.6 Å². The Kier molecular flexibility index (Phi) is 3.13. The first-order chi connectivity index (χ1) is 7.59. The highest BCUT2D eigenvalue weighted by atomic mass is 127. The lowest BCUT2D eigenvalue weighted by Gasteiger charge is -2.17. The minimum atomic E-state index is -0.401. The molecular weight excluding hydrogens is 319 g/mol. The van der Waals surface area contributed by atoms with E-state index in [9.17, 15) is 9.59 Å². The summed E-state index contributed by atoms with van der Waals surface area (Å²) in [6.45, 7) is 0.397. The van der Waals surface area contributed by atoms with Crippen LogP contribution in [0.3, 0.4) is 0 Å². The largest absolute Gasteiger partial charge is 0.369 e. The van der Waals surface area contributed by atoms with Gasteiger partial charge in [-0.3, -0.25) is 9.59 Å². The average Bonchev–Trinajstić information content (AvgIpc) is 2.61. The monoisotopic (exact) mass is 330 g/mol. The zero-order valence-electron chi connectivity index (χ0n) is 8.52. The summed E-state index contributed by atoms with van der Waals surface area (Å²) in [6, 6.07) is 7.60. The fourth-order valence-corrected chi connectivity index (χ4v) is 2.48. The van der Waals surface area contributed by atoms with Crippen molar-refractivity contribution in [1.29, 1.82) is 0 Å². The molecule has 2 N–H and O–H groups in total. The summed E-state index contributed by atoms with van der Waals surface area (Å²) < 4.78 is 0.999. The van der Waals surface area contributed by atoms with Crippen molar-refractivity contribution in [1.82, 2.24) is 0 Å². The minimum absolute atomic E-state index is 0.0343. The Morgan fingerprint density at radius 1 is 1.44 bits per heavy atom. The molecule has 1 aliphatic rings. The molecule has 1 aliphatic heterocycles. The van der Waals surface area contributed by atoms with E-state index in [-0.39, 0.29) is 18.2 Å². The van der Waals surface area contributed by atoms with E-state index in [1.54, 1.807) is 4.90 Å². The number of halogens is 1. The first-order valence-electron chi connectivity index (χ1n) is 4.94. The predicted molar refractivity (Wildman–Crippen MR) is 68.8 cm³/mol. The summed E-state index contributed by atoms with van der Waals surface area (Å²) in [5.74, 6) is -0.793. The molecule has 2 amide bonds. The predicted octanol–water partition coefficient (Wildman–Crippen LogP) is 1.13. The lowest BCUT2D eigenvalue weighted by atomic mass is 10.1. The molecule has 1 atom stereocenters. The van der Waals surface area contributed by atoms with Gasteiger partial charge in [-0.2, -0.15) is 0 Å². The van der Waals surface area contributed by atoms with Gasteiger partial charge in [-0.1, -0.05) is 12.1 Å². The first kappa shape index (κ1) is 11.4. The van der Waals surface area contributed by atoms with Gasteiger partial charge in [-0.25, -0.2) is 0 Å². The molecule has 1 fully saturated rings. The van der Waals surface area contributed by atoms with Crippen molar-refractivity contribution in [3.05, 3.63) is 27.8 Å². The Hall–Kier alpha value is -1.11. The average molecular weight is 330 g/mol. The number of carbonyl (C=O) groups excluding carboxylic acids is 2. The first-order valence-corrected chi connectivity index (χ1v) is 6.01. The highest BCUT2D eigenvalue weighted by molar-refractivity contribution is 14.1. The van der Waals surface area contributed by atoms with Crippen LogP contribution in [0.4, 0.5) is 5.69 Å². The topological polar surface area (TPSA) is 63.4 Å². The fraction of sp³-hybridized carbons (Fsp3) is 0.273. The van der Waals surface area contributed by atoms with Gasteiger partial charge in [0.2, 0.25) is 11.8 Å². The quantitative estimate of drug-likeness (QED) is 0.827. The maximum atomic E-state index is 11.8. The Balaban J connectivity index is 2.27. The number of hydrogen-bond acceptors (Lipinski definition) is 2. The molecule has 0 spiro atoms. The Labute approximate surface area is 107 Å². The maximum absolute atomic E-state index is 11.8. The molecule has 0 aliphatic carbocycles. The van der Waals surface area contributed by atoms with Gasteiger partial charge in [0.05, 0.1) is 11.6 Å². The van der Waals surface area contributed by atoms with Crippen LogP contribution in [0.5, 0.6) is 0 Å². The second kappa shape index (κ2) is 4.40. The molecule has 5 heteroatoms. The standard InChI is InChI=1S/C11H11IN2O2/c12-8-3-1-2-4-9(8)14-6-7(11(13)16)5-10(14)15/h1-4,7H,5-6H2,(H2,13,16). The Morgan fingerprint density at radius 3 is 2.69 bits per heavy atom. The van der Waals surface area contributed by atoms with Gasteiger partial charge in [0.15, 0.2) is 0 Å². The molecule has 0 bridgehead atoms. The molecule has 1 aromatic rings. The third kappa shape index (κ3) is 2.04. The van der Waals surface area contributed by atoms with Gasteiger partial charge in [-0.15, -0.1) is 0 Å². The van der Waals surface area contributed by atoms with Crippen LogP contribution in [-0.2, 0) is 9.59 Å². The number of carbonyl (C=O) groups is 2. The fourth-order valence-electron chi connectivity index (χ4n) is 1.80. The molecule has 0 aromatic heterocycles. The van der Waals surface area contributed by atoms with E-state index in [2.05, 4.69) is 22.6 Å². The third-order valence-electron chi connectivity index (χ3n) is 2.67. The van der Waals surface area contributed by atoms with Crippen LogP contribution in [0.15, 0.2) is 24.3 Å². The zero-order chi connectivity index (χ0) is 11.7. The van der Waals surface area contributed by atoms with Crippen LogP contribution in [0.2, 0.25) is 0 Å². The second-order valence-electron chi connectivity index (χ2n) is 3.76. The van der Waals surface area contributed by atoms with Gasteiger partial charge >= 0.3 is 0 Å². The Bertz CT molecular complexity index is 447. The van der Waals surface area contributed by atoms with E-state index in [1.165, 1.54) is 0 Å². The van der Waals surface area contributed by atoms with E-state index >= 15 is 0 Å². The molecule has 1 heterocycles. The van der Waals surface area contributed by atoms with E-state index < -0.39 is 5.91 Å². The number of hydrogen-bond donors (Lipinski definition) is 1. The van der Waals surface area contributed by atoms with Gasteiger partial charge in [-0.05, 0) is 34.7 Å². The van der Waals surface area contributed by atoms with Crippen LogP contribution in [0.25, 0.3) is 0 Å². The van der Waals surface area contributed by atoms with E-state index in [1.807, 2.05) is 24.3 Å². The molecule has 16 heavy (non-hydrogen) atoms.